The van der Waals surface area contributed by atoms with Gasteiger partial charge in [-0.15, -0.1) is 0 Å². The Morgan fingerprint density at radius 3 is 2.80 bits per heavy atom. The van der Waals surface area contributed by atoms with Crippen LogP contribution < -0.4 is 15.8 Å². The molecule has 0 aromatic heterocycles. The van der Waals surface area contributed by atoms with E-state index in [9.17, 15) is 4.79 Å². The van der Waals surface area contributed by atoms with Gasteiger partial charge in [0.25, 0.3) is 0 Å². The standard InChI is InChI=1S/C14H23N3O3/c1-3-17(7-4-8-18)10-14(19)16-13-6-5-11(20-2)9-12(13)15/h5-6,9,18H,3-4,7-8,10,15H2,1-2H3,(H,16,19). The quantitative estimate of drug-likeness (QED) is 0.617. The van der Waals surface area contributed by atoms with E-state index in [4.69, 9.17) is 15.6 Å². The first-order valence-electron chi connectivity index (χ1n) is 6.67. The van der Waals surface area contributed by atoms with Crippen LogP contribution in [0, 0.1) is 0 Å². The molecule has 0 aliphatic heterocycles. The number of aliphatic hydroxyl groups excluding tert-OH is 1. The lowest BCUT2D eigenvalue weighted by atomic mass is 10.2. The van der Waals surface area contributed by atoms with Crippen LogP contribution in [0.4, 0.5) is 11.4 Å². The summed E-state index contributed by atoms with van der Waals surface area (Å²) in [7, 11) is 1.56. The zero-order valence-electron chi connectivity index (χ0n) is 12.1. The third kappa shape index (κ3) is 5.07. The number of hydrogen-bond acceptors (Lipinski definition) is 5. The van der Waals surface area contributed by atoms with Crippen molar-refractivity contribution < 1.29 is 14.6 Å². The van der Waals surface area contributed by atoms with Crippen LogP contribution >= 0.6 is 0 Å². The summed E-state index contributed by atoms with van der Waals surface area (Å²) in [6.45, 7) is 3.84. The van der Waals surface area contributed by atoms with Crippen molar-refractivity contribution in [3.8, 4) is 5.75 Å². The molecule has 4 N–H and O–H groups in total. The number of methoxy groups -OCH3 is 1. The smallest absolute Gasteiger partial charge is 0.238 e. The van der Waals surface area contributed by atoms with Gasteiger partial charge in [0.2, 0.25) is 5.91 Å². The fourth-order valence-corrected chi connectivity index (χ4v) is 1.82. The summed E-state index contributed by atoms with van der Waals surface area (Å²) in [4.78, 5) is 13.9. The summed E-state index contributed by atoms with van der Waals surface area (Å²) in [5, 5.41) is 11.6. The molecule has 0 fully saturated rings. The lowest BCUT2D eigenvalue weighted by Gasteiger charge is -2.19. The fourth-order valence-electron chi connectivity index (χ4n) is 1.82. The third-order valence-corrected chi connectivity index (χ3v) is 2.98. The van der Waals surface area contributed by atoms with Crippen LogP contribution in [0.1, 0.15) is 13.3 Å². The second-order valence-electron chi connectivity index (χ2n) is 4.45. The predicted octanol–water partition coefficient (Wildman–Crippen LogP) is 0.920. The molecule has 6 nitrogen and oxygen atoms in total. The summed E-state index contributed by atoms with van der Waals surface area (Å²) < 4.78 is 5.06. The first kappa shape index (κ1) is 16.3. The first-order chi connectivity index (χ1) is 9.60. The van der Waals surface area contributed by atoms with E-state index in [1.54, 1.807) is 25.3 Å². The zero-order valence-corrected chi connectivity index (χ0v) is 12.1. The van der Waals surface area contributed by atoms with Crippen molar-refractivity contribution in [2.45, 2.75) is 13.3 Å². The summed E-state index contributed by atoms with van der Waals surface area (Å²) in [6.07, 6.45) is 0.659. The summed E-state index contributed by atoms with van der Waals surface area (Å²) >= 11 is 0. The van der Waals surface area contributed by atoms with Crippen molar-refractivity contribution in [3.63, 3.8) is 0 Å². The van der Waals surface area contributed by atoms with Crippen molar-refractivity contribution in [1.29, 1.82) is 0 Å². The van der Waals surface area contributed by atoms with Gasteiger partial charge in [0, 0.05) is 19.2 Å². The molecule has 0 spiro atoms. The van der Waals surface area contributed by atoms with Gasteiger partial charge in [0.15, 0.2) is 0 Å². The predicted molar refractivity (Wildman–Crippen MR) is 79.9 cm³/mol. The van der Waals surface area contributed by atoms with Crippen LogP contribution in [0.3, 0.4) is 0 Å². The molecule has 20 heavy (non-hydrogen) atoms. The maximum Gasteiger partial charge on any atom is 0.238 e. The number of likely N-dealkylation sites (N-methyl/N-ethyl adjacent to an activating group) is 1. The van der Waals surface area contributed by atoms with Gasteiger partial charge in [-0.1, -0.05) is 6.92 Å². The van der Waals surface area contributed by atoms with Crippen molar-refractivity contribution in [2.24, 2.45) is 0 Å². The highest BCUT2D eigenvalue weighted by atomic mass is 16.5. The number of aliphatic hydroxyl groups is 1. The first-order valence-corrected chi connectivity index (χ1v) is 6.67. The minimum absolute atomic E-state index is 0.123. The normalized spacial score (nSPS) is 10.6. The number of carbonyl (C=O) groups excluding carboxylic acids is 1. The molecule has 112 valence electrons. The molecule has 0 saturated heterocycles. The van der Waals surface area contributed by atoms with E-state index in [2.05, 4.69) is 5.32 Å². The van der Waals surface area contributed by atoms with Crippen LogP contribution in [0.25, 0.3) is 0 Å². The Kier molecular flexibility index (Phi) is 6.83. The van der Waals surface area contributed by atoms with Gasteiger partial charge in [-0.2, -0.15) is 0 Å². The maximum absolute atomic E-state index is 11.9. The van der Waals surface area contributed by atoms with Crippen molar-refractivity contribution in [2.75, 3.05) is 44.4 Å². The van der Waals surface area contributed by atoms with Crippen molar-refractivity contribution in [1.82, 2.24) is 4.90 Å². The largest absolute Gasteiger partial charge is 0.497 e. The van der Waals surface area contributed by atoms with Gasteiger partial charge in [0.05, 0.1) is 25.0 Å². The van der Waals surface area contributed by atoms with E-state index in [1.165, 1.54) is 0 Å². The van der Waals surface area contributed by atoms with Gasteiger partial charge in [0.1, 0.15) is 5.75 Å². The Labute approximate surface area is 119 Å². The summed E-state index contributed by atoms with van der Waals surface area (Å²) in [5.74, 6) is 0.528. The molecular formula is C14H23N3O3. The van der Waals surface area contributed by atoms with Crippen molar-refractivity contribution >= 4 is 17.3 Å². The Hall–Kier alpha value is -1.79. The average molecular weight is 281 g/mol. The number of anilines is 2. The van der Waals surface area contributed by atoms with E-state index in [0.717, 1.165) is 6.54 Å². The number of nitrogens with two attached hydrogens (primary N) is 1. The Morgan fingerprint density at radius 2 is 2.25 bits per heavy atom. The number of hydrogen-bond donors (Lipinski definition) is 3. The van der Waals surface area contributed by atoms with Gasteiger partial charge >= 0.3 is 0 Å². The molecule has 0 heterocycles. The number of benzene rings is 1. The molecular weight excluding hydrogens is 258 g/mol. The molecule has 6 heteroatoms. The van der Waals surface area contributed by atoms with Crippen LogP contribution in [0.2, 0.25) is 0 Å². The van der Waals surface area contributed by atoms with E-state index >= 15 is 0 Å². The number of nitrogen functional groups attached to an aromatic ring is 1. The number of amides is 1. The highest BCUT2D eigenvalue weighted by Gasteiger charge is 2.10. The minimum atomic E-state index is -0.123. The van der Waals surface area contributed by atoms with Gasteiger partial charge in [-0.25, -0.2) is 0 Å². The number of nitrogens with zero attached hydrogens (tertiary/aromatic N) is 1. The minimum Gasteiger partial charge on any atom is -0.497 e. The van der Waals surface area contributed by atoms with E-state index < -0.39 is 0 Å². The lowest BCUT2D eigenvalue weighted by Crippen LogP contribution is -2.34. The molecule has 1 amide bonds. The molecule has 0 radical (unpaired) electrons. The van der Waals surface area contributed by atoms with Gasteiger partial charge in [-0.3, -0.25) is 9.69 Å². The second kappa shape index (κ2) is 8.39. The van der Waals surface area contributed by atoms with Crippen LogP contribution in [0.5, 0.6) is 5.75 Å². The third-order valence-electron chi connectivity index (χ3n) is 2.98. The van der Waals surface area contributed by atoms with Gasteiger partial charge < -0.3 is 20.9 Å². The van der Waals surface area contributed by atoms with Crippen LogP contribution in [-0.2, 0) is 4.79 Å². The molecule has 0 saturated carbocycles. The zero-order chi connectivity index (χ0) is 15.0. The molecule has 1 rings (SSSR count). The molecule has 0 unspecified atom stereocenters. The average Bonchev–Trinajstić information content (AvgIpc) is 2.45. The topological polar surface area (TPSA) is 87.8 Å². The molecule has 0 aliphatic rings. The SMILES string of the molecule is CCN(CCCO)CC(=O)Nc1ccc(OC)cc1N. The van der Waals surface area contributed by atoms with Gasteiger partial charge in [-0.05, 0) is 25.1 Å². The Balaban J connectivity index is 2.57. The summed E-state index contributed by atoms with van der Waals surface area (Å²) in [5.41, 5.74) is 6.89. The fraction of sp³-hybridized carbons (Fsp3) is 0.500. The highest BCUT2D eigenvalue weighted by molar-refractivity contribution is 5.95. The monoisotopic (exact) mass is 281 g/mol. The summed E-state index contributed by atoms with van der Waals surface area (Å²) in [6, 6.07) is 5.13. The molecule has 0 atom stereocenters. The van der Waals surface area contributed by atoms with E-state index in [0.29, 0.717) is 30.1 Å². The molecule has 1 aromatic rings. The second-order valence-corrected chi connectivity index (χ2v) is 4.45. The number of rotatable bonds is 8. The molecule has 0 bridgehead atoms. The van der Waals surface area contributed by atoms with Crippen molar-refractivity contribution in [3.05, 3.63) is 18.2 Å². The Bertz CT molecular complexity index is 438. The highest BCUT2D eigenvalue weighted by Crippen LogP contribution is 2.23. The number of ether oxygens (including phenoxy) is 1. The van der Waals surface area contributed by atoms with E-state index in [-0.39, 0.29) is 19.1 Å². The number of nitrogens with one attached hydrogen (secondary N) is 1. The van der Waals surface area contributed by atoms with Crippen LogP contribution in [-0.4, -0.2) is 49.3 Å². The van der Waals surface area contributed by atoms with E-state index in [1.807, 2.05) is 11.8 Å². The Morgan fingerprint density at radius 1 is 1.50 bits per heavy atom. The lowest BCUT2D eigenvalue weighted by molar-refractivity contribution is -0.117. The maximum atomic E-state index is 11.9. The molecule has 0 aliphatic carbocycles. The number of carbonyl (C=O) groups is 1. The molecule has 1 aromatic carbocycles. The van der Waals surface area contributed by atoms with Crippen LogP contribution in [0.15, 0.2) is 18.2 Å².